The highest BCUT2D eigenvalue weighted by molar-refractivity contribution is 6.04. The Morgan fingerprint density at radius 3 is 2.83 bits per heavy atom. The first kappa shape index (κ1) is 10.1. The van der Waals surface area contributed by atoms with Crippen molar-refractivity contribution in [3.05, 3.63) is 70.8 Å². The number of fused-ring (bicyclic) bond motifs is 3. The largest absolute Gasteiger partial charge is 0.0773 e. The van der Waals surface area contributed by atoms with Gasteiger partial charge in [-0.15, -0.1) is 0 Å². The molecule has 88 valence electrons. The van der Waals surface area contributed by atoms with Crippen LogP contribution in [0.5, 0.6) is 0 Å². The van der Waals surface area contributed by atoms with Gasteiger partial charge in [0.2, 0.25) is 0 Å². The van der Waals surface area contributed by atoms with Crippen molar-refractivity contribution in [2.45, 2.75) is 19.8 Å². The fraction of sp³-hybridized carbons (Fsp3) is 0.222. The van der Waals surface area contributed by atoms with Crippen LogP contribution in [-0.2, 0) is 0 Å². The predicted octanol–water partition coefficient (Wildman–Crippen LogP) is 4.76. The van der Waals surface area contributed by atoms with E-state index in [0.717, 1.165) is 0 Å². The van der Waals surface area contributed by atoms with E-state index in [2.05, 4.69) is 55.5 Å². The van der Waals surface area contributed by atoms with Crippen molar-refractivity contribution in [2.24, 2.45) is 5.92 Å². The average Bonchev–Trinajstić information content (AvgIpc) is 2.61. The highest BCUT2D eigenvalue weighted by atomic mass is 14.3. The molecule has 0 bridgehead atoms. The number of benzene rings is 1. The second-order valence-corrected chi connectivity index (χ2v) is 5.40. The molecule has 0 spiro atoms. The Labute approximate surface area is 108 Å². The molecule has 0 nitrogen and oxygen atoms in total. The summed E-state index contributed by atoms with van der Waals surface area (Å²) in [6, 6.07) is 8.87. The minimum absolute atomic E-state index is 0.520. The maximum absolute atomic E-state index is 2.42. The minimum atomic E-state index is 0.520. The smallest absolute Gasteiger partial charge is 0.00691 e. The lowest BCUT2D eigenvalue weighted by molar-refractivity contribution is 0.945. The lowest BCUT2D eigenvalue weighted by Gasteiger charge is -2.14. The predicted molar refractivity (Wildman–Crippen MR) is 77.0 cm³/mol. The summed E-state index contributed by atoms with van der Waals surface area (Å²) in [7, 11) is 0. The Morgan fingerprint density at radius 1 is 1.11 bits per heavy atom. The number of rotatable bonds is 0. The molecule has 0 saturated heterocycles. The van der Waals surface area contributed by atoms with Crippen molar-refractivity contribution >= 4 is 11.1 Å². The van der Waals surface area contributed by atoms with Gasteiger partial charge in [0.25, 0.3) is 0 Å². The standard InChI is InChI=1S/C18H16/c1-12-9-10-13-5-4-8-16-14-6-2-3-7-15(14)17(11-12)18(13)16/h2-3,5-7,9-12H,4,8H2,1H3. The van der Waals surface area contributed by atoms with Gasteiger partial charge < -0.3 is 0 Å². The molecule has 3 aliphatic carbocycles. The van der Waals surface area contributed by atoms with Crippen molar-refractivity contribution < 1.29 is 0 Å². The molecule has 1 aromatic rings. The van der Waals surface area contributed by atoms with Crippen LogP contribution in [0, 0.1) is 5.92 Å². The molecule has 0 aliphatic heterocycles. The molecule has 0 saturated carbocycles. The van der Waals surface area contributed by atoms with E-state index in [1.54, 1.807) is 5.57 Å². The first-order valence-electron chi connectivity index (χ1n) is 6.78. The Hall–Kier alpha value is -1.82. The van der Waals surface area contributed by atoms with E-state index in [1.165, 1.54) is 40.7 Å². The summed E-state index contributed by atoms with van der Waals surface area (Å²) in [6.45, 7) is 2.27. The number of allylic oxidation sites excluding steroid dienone is 8. The quantitative estimate of drug-likeness (QED) is 0.604. The van der Waals surface area contributed by atoms with Crippen LogP contribution in [-0.4, -0.2) is 0 Å². The minimum Gasteiger partial charge on any atom is -0.0773 e. The fourth-order valence-corrected chi connectivity index (χ4v) is 3.37. The third kappa shape index (κ3) is 1.26. The second kappa shape index (κ2) is 3.58. The molecule has 0 radical (unpaired) electrons. The van der Waals surface area contributed by atoms with Gasteiger partial charge in [0.05, 0.1) is 0 Å². The average molecular weight is 232 g/mol. The summed E-state index contributed by atoms with van der Waals surface area (Å²) in [5.41, 5.74) is 8.86. The normalized spacial score (nSPS) is 24.2. The van der Waals surface area contributed by atoms with Crippen LogP contribution in [0.4, 0.5) is 0 Å². The second-order valence-electron chi connectivity index (χ2n) is 5.40. The Balaban J connectivity index is 2.06. The Bertz CT molecular complexity index is 650. The van der Waals surface area contributed by atoms with Gasteiger partial charge in [0, 0.05) is 0 Å². The summed E-state index contributed by atoms with van der Waals surface area (Å²) in [5.74, 6) is 0.520. The van der Waals surface area contributed by atoms with Crippen LogP contribution in [0.15, 0.2) is 59.7 Å². The van der Waals surface area contributed by atoms with Gasteiger partial charge in [-0.2, -0.15) is 0 Å². The maximum atomic E-state index is 2.42. The Morgan fingerprint density at radius 2 is 1.94 bits per heavy atom. The van der Waals surface area contributed by atoms with E-state index in [-0.39, 0.29) is 0 Å². The molecular formula is C18H16. The van der Waals surface area contributed by atoms with Crippen LogP contribution in [0.3, 0.4) is 0 Å². The highest BCUT2D eigenvalue weighted by Gasteiger charge is 2.29. The van der Waals surface area contributed by atoms with Crippen molar-refractivity contribution in [2.75, 3.05) is 0 Å². The zero-order valence-electron chi connectivity index (χ0n) is 10.6. The lowest BCUT2D eigenvalue weighted by atomic mass is 9.90. The van der Waals surface area contributed by atoms with Gasteiger partial charge in [-0.1, -0.05) is 55.5 Å². The van der Waals surface area contributed by atoms with Gasteiger partial charge >= 0.3 is 0 Å². The zero-order chi connectivity index (χ0) is 12.1. The first-order chi connectivity index (χ1) is 8.84. The van der Waals surface area contributed by atoms with Gasteiger partial charge in [-0.05, 0) is 52.2 Å². The monoisotopic (exact) mass is 232 g/mol. The molecule has 0 N–H and O–H groups in total. The molecule has 3 aliphatic rings. The van der Waals surface area contributed by atoms with Crippen molar-refractivity contribution in [3.63, 3.8) is 0 Å². The highest BCUT2D eigenvalue weighted by Crippen LogP contribution is 2.50. The van der Waals surface area contributed by atoms with E-state index in [9.17, 15) is 0 Å². The van der Waals surface area contributed by atoms with Gasteiger partial charge in [0.15, 0.2) is 0 Å². The summed E-state index contributed by atoms with van der Waals surface area (Å²) in [6.07, 6.45) is 11.8. The van der Waals surface area contributed by atoms with E-state index in [4.69, 9.17) is 0 Å². The summed E-state index contributed by atoms with van der Waals surface area (Å²) in [4.78, 5) is 0. The van der Waals surface area contributed by atoms with Crippen LogP contribution < -0.4 is 0 Å². The third-order valence-electron chi connectivity index (χ3n) is 4.17. The van der Waals surface area contributed by atoms with Crippen LogP contribution in [0.1, 0.15) is 30.9 Å². The van der Waals surface area contributed by atoms with E-state index in [0.29, 0.717) is 5.92 Å². The van der Waals surface area contributed by atoms with E-state index >= 15 is 0 Å². The first-order valence-corrected chi connectivity index (χ1v) is 6.78. The number of hydrogen-bond donors (Lipinski definition) is 0. The van der Waals surface area contributed by atoms with Crippen LogP contribution >= 0.6 is 0 Å². The molecule has 18 heavy (non-hydrogen) atoms. The Kier molecular flexibility index (Phi) is 2.02. The lowest BCUT2D eigenvalue weighted by Crippen LogP contribution is -1.94. The molecule has 0 heterocycles. The van der Waals surface area contributed by atoms with E-state index < -0.39 is 0 Å². The van der Waals surface area contributed by atoms with Crippen LogP contribution in [0.25, 0.3) is 11.1 Å². The number of hydrogen-bond acceptors (Lipinski definition) is 0. The molecule has 0 aromatic heterocycles. The fourth-order valence-electron chi connectivity index (χ4n) is 3.37. The van der Waals surface area contributed by atoms with E-state index in [1.807, 2.05) is 0 Å². The third-order valence-corrected chi connectivity index (χ3v) is 4.17. The SMILES string of the molecule is CC1C=CC2=CCCC3=C2C(=C1)c1ccccc13. The van der Waals surface area contributed by atoms with Crippen molar-refractivity contribution in [1.82, 2.24) is 0 Å². The molecule has 4 rings (SSSR count). The van der Waals surface area contributed by atoms with Crippen LogP contribution in [0.2, 0.25) is 0 Å². The molecule has 0 amide bonds. The molecule has 1 aromatic carbocycles. The molecule has 0 heteroatoms. The van der Waals surface area contributed by atoms with Gasteiger partial charge in [-0.3, -0.25) is 0 Å². The van der Waals surface area contributed by atoms with Crippen molar-refractivity contribution in [1.29, 1.82) is 0 Å². The summed E-state index contributed by atoms with van der Waals surface area (Å²) in [5, 5.41) is 0. The summed E-state index contributed by atoms with van der Waals surface area (Å²) >= 11 is 0. The molecular weight excluding hydrogens is 216 g/mol. The molecule has 0 fully saturated rings. The zero-order valence-corrected chi connectivity index (χ0v) is 10.6. The maximum Gasteiger partial charge on any atom is -0.00691 e. The summed E-state index contributed by atoms with van der Waals surface area (Å²) < 4.78 is 0. The van der Waals surface area contributed by atoms with Gasteiger partial charge in [0.1, 0.15) is 0 Å². The molecule has 1 atom stereocenters. The van der Waals surface area contributed by atoms with Gasteiger partial charge in [-0.25, -0.2) is 0 Å². The van der Waals surface area contributed by atoms with Crippen molar-refractivity contribution in [3.8, 4) is 0 Å². The molecule has 1 unspecified atom stereocenters. The topological polar surface area (TPSA) is 0 Å².